The fourth-order valence-electron chi connectivity index (χ4n) is 4.06. The minimum Gasteiger partial charge on any atom is -0.486 e. The lowest BCUT2D eigenvalue weighted by atomic mass is 10.0. The topological polar surface area (TPSA) is 51.9 Å². The van der Waals surface area contributed by atoms with Crippen LogP contribution in [0.15, 0.2) is 65.3 Å². The predicted octanol–water partition coefficient (Wildman–Crippen LogP) is 4.95. The van der Waals surface area contributed by atoms with Crippen molar-refractivity contribution < 1.29 is 18.7 Å². The molecule has 0 N–H and O–H groups in total. The van der Waals surface area contributed by atoms with Gasteiger partial charge in [-0.1, -0.05) is 36.4 Å². The van der Waals surface area contributed by atoms with Gasteiger partial charge in [0.05, 0.1) is 12.7 Å². The molecule has 152 valence electrons. The maximum Gasteiger partial charge on any atom is 0.227 e. The molecule has 0 radical (unpaired) electrons. The Morgan fingerprint density at radius 2 is 1.83 bits per heavy atom. The molecule has 0 spiro atoms. The molecule has 5 nitrogen and oxygen atoms in total. The summed E-state index contributed by atoms with van der Waals surface area (Å²) in [5.74, 6) is 1.58. The molecule has 5 heteroatoms. The largest absolute Gasteiger partial charge is 0.486 e. The second kappa shape index (κ2) is 7.75. The van der Waals surface area contributed by atoms with E-state index in [4.69, 9.17) is 13.9 Å². The van der Waals surface area contributed by atoms with Crippen LogP contribution in [0.1, 0.15) is 18.1 Å². The third kappa shape index (κ3) is 3.36. The van der Waals surface area contributed by atoms with Crippen molar-refractivity contribution in [3.63, 3.8) is 0 Å². The van der Waals surface area contributed by atoms with E-state index in [0.717, 1.165) is 44.4 Å². The highest BCUT2D eigenvalue weighted by Gasteiger charge is 2.19. The fourth-order valence-corrected chi connectivity index (χ4v) is 4.06. The second-order valence-corrected chi connectivity index (χ2v) is 7.48. The summed E-state index contributed by atoms with van der Waals surface area (Å²) in [4.78, 5) is 15.0. The number of amides is 1. The van der Waals surface area contributed by atoms with E-state index in [-0.39, 0.29) is 5.91 Å². The Bertz CT molecular complexity index is 1230. The Kier molecular flexibility index (Phi) is 4.79. The average Bonchev–Trinajstić information content (AvgIpc) is 3.20. The van der Waals surface area contributed by atoms with Crippen LogP contribution < -0.4 is 9.47 Å². The van der Waals surface area contributed by atoms with Crippen molar-refractivity contribution in [2.45, 2.75) is 19.9 Å². The summed E-state index contributed by atoms with van der Waals surface area (Å²) in [5.41, 5.74) is 2.76. The number of carbonyl (C=O) groups excluding carboxylic acids is 1. The van der Waals surface area contributed by atoms with Crippen molar-refractivity contribution in [1.82, 2.24) is 4.90 Å². The van der Waals surface area contributed by atoms with Gasteiger partial charge in [-0.05, 0) is 41.5 Å². The molecule has 0 unspecified atom stereocenters. The molecule has 30 heavy (non-hydrogen) atoms. The fraction of sp³-hybridized carbons (Fsp3) is 0.240. The Morgan fingerprint density at radius 1 is 1.00 bits per heavy atom. The van der Waals surface area contributed by atoms with Gasteiger partial charge < -0.3 is 18.8 Å². The number of fused-ring (bicyclic) bond motifs is 4. The molecule has 4 aromatic rings. The number of furan rings is 1. The maximum absolute atomic E-state index is 13.1. The van der Waals surface area contributed by atoms with Crippen LogP contribution in [0.3, 0.4) is 0 Å². The van der Waals surface area contributed by atoms with Crippen molar-refractivity contribution in [2.24, 2.45) is 0 Å². The summed E-state index contributed by atoms with van der Waals surface area (Å²) in [5, 5.41) is 3.28. The number of ether oxygens (including phenoxy) is 2. The molecule has 5 rings (SSSR count). The zero-order valence-electron chi connectivity index (χ0n) is 16.9. The van der Waals surface area contributed by atoms with E-state index in [1.54, 1.807) is 6.26 Å². The van der Waals surface area contributed by atoms with Crippen LogP contribution in [0, 0.1) is 0 Å². The molecule has 3 aromatic carbocycles. The molecule has 1 aliphatic heterocycles. The average molecular weight is 401 g/mol. The third-order valence-corrected chi connectivity index (χ3v) is 5.60. The minimum atomic E-state index is 0.0722. The van der Waals surface area contributed by atoms with Crippen LogP contribution in [0.25, 0.3) is 21.7 Å². The third-order valence-electron chi connectivity index (χ3n) is 5.60. The number of rotatable bonds is 5. The molecule has 1 aliphatic rings. The van der Waals surface area contributed by atoms with Crippen molar-refractivity contribution in [2.75, 3.05) is 19.8 Å². The first-order chi connectivity index (χ1) is 14.7. The van der Waals surface area contributed by atoms with Gasteiger partial charge in [-0.3, -0.25) is 4.79 Å². The summed E-state index contributed by atoms with van der Waals surface area (Å²) in [6, 6.07) is 18.1. The van der Waals surface area contributed by atoms with Crippen molar-refractivity contribution in [3.05, 3.63) is 72.0 Å². The number of nitrogens with zero attached hydrogens (tertiary/aromatic N) is 1. The molecule has 1 aromatic heterocycles. The summed E-state index contributed by atoms with van der Waals surface area (Å²) < 4.78 is 17.0. The lowest BCUT2D eigenvalue weighted by Crippen LogP contribution is -2.31. The highest BCUT2D eigenvalue weighted by molar-refractivity contribution is 6.08. The number of benzene rings is 3. The monoisotopic (exact) mass is 401 g/mol. The van der Waals surface area contributed by atoms with Crippen molar-refractivity contribution >= 4 is 27.6 Å². The summed E-state index contributed by atoms with van der Waals surface area (Å²) >= 11 is 0. The Morgan fingerprint density at radius 3 is 2.70 bits per heavy atom. The highest BCUT2D eigenvalue weighted by Crippen LogP contribution is 2.32. The molecule has 0 saturated heterocycles. The summed E-state index contributed by atoms with van der Waals surface area (Å²) in [6.45, 7) is 4.28. The van der Waals surface area contributed by atoms with Crippen LogP contribution in [-0.2, 0) is 17.8 Å². The lowest BCUT2D eigenvalue weighted by Gasteiger charge is -2.23. The minimum absolute atomic E-state index is 0.0722. The van der Waals surface area contributed by atoms with Gasteiger partial charge in [-0.2, -0.15) is 0 Å². The Balaban J connectivity index is 1.39. The predicted molar refractivity (Wildman–Crippen MR) is 116 cm³/mol. The SMILES string of the molecule is CCN(Cc1ccc2c(c1)OCCO2)C(=O)Cc1coc2ccc3ccccc3c12. The zero-order chi connectivity index (χ0) is 20.5. The first-order valence-electron chi connectivity index (χ1n) is 10.3. The van der Waals surface area contributed by atoms with Crippen molar-refractivity contribution in [1.29, 1.82) is 0 Å². The van der Waals surface area contributed by atoms with E-state index in [1.165, 1.54) is 0 Å². The van der Waals surface area contributed by atoms with Crippen LogP contribution in [0.2, 0.25) is 0 Å². The molecule has 1 amide bonds. The number of carbonyl (C=O) groups is 1. The maximum atomic E-state index is 13.1. The molecule has 0 saturated carbocycles. The van der Waals surface area contributed by atoms with Crippen molar-refractivity contribution in [3.8, 4) is 11.5 Å². The summed E-state index contributed by atoms with van der Waals surface area (Å²) in [6.07, 6.45) is 2.02. The highest BCUT2D eigenvalue weighted by atomic mass is 16.6. The normalized spacial score (nSPS) is 13.0. The van der Waals surface area contributed by atoms with E-state index < -0.39 is 0 Å². The van der Waals surface area contributed by atoms with Crippen LogP contribution in [-0.4, -0.2) is 30.6 Å². The lowest BCUT2D eigenvalue weighted by molar-refractivity contribution is -0.130. The standard InChI is InChI=1S/C25H23NO4/c1-2-26(15-17-7-9-21-23(13-17)29-12-11-28-21)24(27)14-19-16-30-22-10-8-18-5-3-4-6-20(18)25(19)22/h3-10,13,16H,2,11-12,14-15H2,1H3. The van der Waals surface area contributed by atoms with Gasteiger partial charge >= 0.3 is 0 Å². The van der Waals surface area contributed by atoms with Gasteiger partial charge in [0.2, 0.25) is 5.91 Å². The second-order valence-electron chi connectivity index (χ2n) is 7.48. The van der Waals surface area contributed by atoms with Crippen LogP contribution >= 0.6 is 0 Å². The van der Waals surface area contributed by atoms with Gasteiger partial charge in [0.1, 0.15) is 18.8 Å². The van der Waals surface area contributed by atoms with E-state index >= 15 is 0 Å². The van der Waals surface area contributed by atoms with Crippen LogP contribution in [0.4, 0.5) is 0 Å². The van der Waals surface area contributed by atoms with Gasteiger partial charge in [-0.15, -0.1) is 0 Å². The molecule has 0 bridgehead atoms. The van der Waals surface area contributed by atoms with E-state index in [9.17, 15) is 4.79 Å². The molecular formula is C25H23NO4. The Labute approximate surface area is 174 Å². The van der Waals surface area contributed by atoms with Gasteiger partial charge in [0.15, 0.2) is 11.5 Å². The van der Waals surface area contributed by atoms with Gasteiger partial charge in [0.25, 0.3) is 0 Å². The van der Waals surface area contributed by atoms with E-state index in [2.05, 4.69) is 12.1 Å². The molecule has 0 aliphatic carbocycles. The Hall–Kier alpha value is -3.47. The van der Waals surface area contributed by atoms with Crippen LogP contribution in [0.5, 0.6) is 11.5 Å². The summed E-state index contributed by atoms with van der Waals surface area (Å²) in [7, 11) is 0. The van der Waals surface area contributed by atoms with Gasteiger partial charge in [-0.25, -0.2) is 0 Å². The molecule has 0 fully saturated rings. The van der Waals surface area contributed by atoms with E-state index in [1.807, 2.05) is 54.3 Å². The molecule has 0 atom stereocenters. The number of likely N-dealkylation sites (N-methyl/N-ethyl adjacent to an activating group) is 1. The smallest absolute Gasteiger partial charge is 0.227 e. The first-order valence-corrected chi connectivity index (χ1v) is 10.3. The number of hydrogen-bond acceptors (Lipinski definition) is 4. The first kappa shape index (κ1) is 18.6. The zero-order valence-corrected chi connectivity index (χ0v) is 16.9. The number of hydrogen-bond donors (Lipinski definition) is 0. The van der Waals surface area contributed by atoms with E-state index in [0.29, 0.717) is 32.7 Å². The van der Waals surface area contributed by atoms with Gasteiger partial charge in [0, 0.05) is 24.0 Å². The quantitative estimate of drug-likeness (QED) is 0.475. The molecular weight excluding hydrogens is 378 g/mol. The molecule has 2 heterocycles.